The molecule has 2 nitrogen and oxygen atoms in total. The lowest BCUT2D eigenvalue weighted by Crippen LogP contribution is -2.08. The standard InChI is InChI=1S/C14H18O2/c1-3-12(2)11-16-14(15)10-9-13-7-5-4-6-8-13/h4-10,12H,3,11H2,1-2H3/b10-9+/t12-/m1/s1. The molecule has 0 spiro atoms. The van der Waals surface area contributed by atoms with E-state index in [0.29, 0.717) is 12.5 Å². The van der Waals surface area contributed by atoms with Gasteiger partial charge in [0.05, 0.1) is 6.61 Å². The quantitative estimate of drug-likeness (QED) is 0.560. The molecule has 0 fully saturated rings. The highest BCUT2D eigenvalue weighted by molar-refractivity contribution is 5.86. The Morgan fingerprint density at radius 1 is 1.38 bits per heavy atom. The molecule has 0 aliphatic carbocycles. The summed E-state index contributed by atoms with van der Waals surface area (Å²) in [6.07, 6.45) is 4.26. The van der Waals surface area contributed by atoms with Crippen molar-refractivity contribution >= 4 is 12.0 Å². The fourth-order valence-corrected chi connectivity index (χ4v) is 1.12. The Morgan fingerprint density at radius 3 is 2.69 bits per heavy atom. The Kier molecular flexibility index (Phi) is 5.34. The molecule has 16 heavy (non-hydrogen) atoms. The fraction of sp³-hybridized carbons (Fsp3) is 0.357. The van der Waals surface area contributed by atoms with Gasteiger partial charge in [0.1, 0.15) is 0 Å². The van der Waals surface area contributed by atoms with Crippen LogP contribution in [0.25, 0.3) is 6.08 Å². The molecule has 0 saturated carbocycles. The SMILES string of the molecule is CC[C@@H](C)COC(=O)/C=C/c1ccccc1. The number of hydrogen-bond donors (Lipinski definition) is 0. The summed E-state index contributed by atoms with van der Waals surface area (Å²) in [5.41, 5.74) is 1.00. The lowest BCUT2D eigenvalue weighted by atomic mass is 10.1. The third kappa shape index (κ3) is 4.78. The maximum absolute atomic E-state index is 11.3. The Morgan fingerprint density at radius 2 is 2.06 bits per heavy atom. The van der Waals surface area contributed by atoms with Gasteiger partial charge >= 0.3 is 5.97 Å². The molecule has 1 aromatic carbocycles. The zero-order valence-electron chi connectivity index (χ0n) is 9.85. The molecule has 1 atom stereocenters. The summed E-state index contributed by atoms with van der Waals surface area (Å²) in [5, 5.41) is 0. The topological polar surface area (TPSA) is 26.3 Å². The van der Waals surface area contributed by atoms with Crippen LogP contribution in [0.4, 0.5) is 0 Å². The number of carbonyl (C=O) groups excluding carboxylic acids is 1. The number of hydrogen-bond acceptors (Lipinski definition) is 2. The lowest BCUT2D eigenvalue weighted by Gasteiger charge is -2.07. The van der Waals surface area contributed by atoms with Gasteiger partial charge in [-0.2, -0.15) is 0 Å². The van der Waals surface area contributed by atoms with Gasteiger partial charge in [-0.3, -0.25) is 0 Å². The summed E-state index contributed by atoms with van der Waals surface area (Å²) in [4.78, 5) is 11.3. The third-order valence-corrected chi connectivity index (χ3v) is 2.42. The monoisotopic (exact) mass is 218 g/mol. The molecule has 0 unspecified atom stereocenters. The Labute approximate surface area is 96.9 Å². The molecule has 1 aromatic rings. The van der Waals surface area contributed by atoms with Crippen molar-refractivity contribution in [2.45, 2.75) is 20.3 Å². The summed E-state index contributed by atoms with van der Waals surface area (Å²) >= 11 is 0. The molecule has 1 rings (SSSR count). The van der Waals surface area contributed by atoms with Gasteiger partial charge in [-0.25, -0.2) is 4.79 Å². The molecule has 2 heteroatoms. The van der Waals surface area contributed by atoms with Gasteiger partial charge in [0.2, 0.25) is 0 Å². The van der Waals surface area contributed by atoms with E-state index >= 15 is 0 Å². The van der Waals surface area contributed by atoms with E-state index in [0.717, 1.165) is 12.0 Å². The summed E-state index contributed by atoms with van der Waals surface area (Å²) in [7, 11) is 0. The molecule has 0 aliphatic rings. The Bertz CT molecular complexity index is 341. The second-order valence-electron chi connectivity index (χ2n) is 3.89. The van der Waals surface area contributed by atoms with Crippen molar-refractivity contribution in [3.8, 4) is 0 Å². The first kappa shape index (κ1) is 12.5. The van der Waals surface area contributed by atoms with Crippen LogP contribution in [0.15, 0.2) is 36.4 Å². The van der Waals surface area contributed by atoms with Crippen molar-refractivity contribution in [2.75, 3.05) is 6.61 Å². The number of carbonyl (C=O) groups is 1. The molecule has 0 radical (unpaired) electrons. The minimum atomic E-state index is -0.274. The molecular formula is C14H18O2. The van der Waals surface area contributed by atoms with Gasteiger partial charge in [0.15, 0.2) is 0 Å². The molecule has 0 aliphatic heterocycles. The van der Waals surface area contributed by atoms with Gasteiger partial charge in [0.25, 0.3) is 0 Å². The van der Waals surface area contributed by atoms with E-state index in [4.69, 9.17) is 4.74 Å². The van der Waals surface area contributed by atoms with Crippen molar-refractivity contribution in [1.82, 2.24) is 0 Å². The predicted octanol–water partition coefficient (Wildman–Crippen LogP) is 3.29. The van der Waals surface area contributed by atoms with Crippen LogP contribution in [0.2, 0.25) is 0 Å². The Hall–Kier alpha value is -1.57. The summed E-state index contributed by atoms with van der Waals surface area (Å²) < 4.78 is 5.09. The van der Waals surface area contributed by atoms with E-state index in [1.807, 2.05) is 30.3 Å². The maximum Gasteiger partial charge on any atom is 0.330 e. The van der Waals surface area contributed by atoms with E-state index in [1.165, 1.54) is 6.08 Å². The lowest BCUT2D eigenvalue weighted by molar-refractivity contribution is -0.138. The zero-order chi connectivity index (χ0) is 11.8. The molecule has 0 saturated heterocycles. The Balaban J connectivity index is 2.37. The summed E-state index contributed by atoms with van der Waals surface area (Å²) in [5.74, 6) is 0.151. The average Bonchev–Trinajstić information content (AvgIpc) is 2.34. The molecule has 0 N–H and O–H groups in total. The largest absolute Gasteiger partial charge is 0.462 e. The highest BCUT2D eigenvalue weighted by Gasteiger charge is 2.01. The molecule has 0 amide bonds. The minimum Gasteiger partial charge on any atom is -0.462 e. The van der Waals surface area contributed by atoms with Crippen LogP contribution in [0.5, 0.6) is 0 Å². The summed E-state index contributed by atoms with van der Waals surface area (Å²) in [6, 6.07) is 9.70. The van der Waals surface area contributed by atoms with Crippen molar-refractivity contribution in [3.63, 3.8) is 0 Å². The minimum absolute atomic E-state index is 0.274. The van der Waals surface area contributed by atoms with Gasteiger partial charge < -0.3 is 4.74 Å². The van der Waals surface area contributed by atoms with Crippen molar-refractivity contribution in [2.24, 2.45) is 5.92 Å². The van der Waals surface area contributed by atoms with Crippen LogP contribution in [0, 0.1) is 5.92 Å². The van der Waals surface area contributed by atoms with Crippen LogP contribution < -0.4 is 0 Å². The second-order valence-corrected chi connectivity index (χ2v) is 3.89. The van der Waals surface area contributed by atoms with Crippen LogP contribution in [-0.4, -0.2) is 12.6 Å². The molecular weight excluding hydrogens is 200 g/mol. The van der Waals surface area contributed by atoms with Crippen LogP contribution in [-0.2, 0) is 9.53 Å². The van der Waals surface area contributed by atoms with Gasteiger partial charge in [-0.15, -0.1) is 0 Å². The number of benzene rings is 1. The van der Waals surface area contributed by atoms with E-state index in [9.17, 15) is 4.79 Å². The fourth-order valence-electron chi connectivity index (χ4n) is 1.12. The van der Waals surface area contributed by atoms with E-state index in [2.05, 4.69) is 13.8 Å². The van der Waals surface area contributed by atoms with Crippen LogP contribution >= 0.6 is 0 Å². The highest BCUT2D eigenvalue weighted by atomic mass is 16.5. The van der Waals surface area contributed by atoms with Crippen LogP contribution in [0.1, 0.15) is 25.8 Å². The smallest absolute Gasteiger partial charge is 0.330 e. The van der Waals surface area contributed by atoms with E-state index in [-0.39, 0.29) is 5.97 Å². The molecule has 0 bridgehead atoms. The van der Waals surface area contributed by atoms with Gasteiger partial charge in [-0.05, 0) is 17.6 Å². The third-order valence-electron chi connectivity index (χ3n) is 2.42. The first-order valence-electron chi connectivity index (χ1n) is 5.62. The average molecular weight is 218 g/mol. The highest BCUT2D eigenvalue weighted by Crippen LogP contribution is 2.03. The zero-order valence-corrected chi connectivity index (χ0v) is 9.85. The van der Waals surface area contributed by atoms with E-state index < -0.39 is 0 Å². The van der Waals surface area contributed by atoms with Crippen molar-refractivity contribution in [1.29, 1.82) is 0 Å². The first-order valence-corrected chi connectivity index (χ1v) is 5.62. The summed E-state index contributed by atoms with van der Waals surface area (Å²) in [6.45, 7) is 4.64. The van der Waals surface area contributed by atoms with Crippen LogP contribution in [0.3, 0.4) is 0 Å². The van der Waals surface area contributed by atoms with Crippen molar-refractivity contribution in [3.05, 3.63) is 42.0 Å². The first-order chi connectivity index (χ1) is 7.72. The molecule has 86 valence electrons. The second kappa shape index (κ2) is 6.83. The van der Waals surface area contributed by atoms with E-state index in [1.54, 1.807) is 6.08 Å². The van der Waals surface area contributed by atoms with Crippen molar-refractivity contribution < 1.29 is 9.53 Å². The number of ether oxygens (including phenoxy) is 1. The number of esters is 1. The van der Waals surface area contributed by atoms with Gasteiger partial charge in [0, 0.05) is 6.08 Å². The van der Waals surface area contributed by atoms with Gasteiger partial charge in [-0.1, -0.05) is 50.6 Å². The number of rotatable bonds is 5. The molecule has 0 aromatic heterocycles. The predicted molar refractivity (Wildman–Crippen MR) is 65.9 cm³/mol. The molecule has 0 heterocycles. The maximum atomic E-state index is 11.3. The normalized spacial score (nSPS) is 12.6.